The molecule has 1 aliphatic heterocycles. The lowest BCUT2D eigenvalue weighted by atomic mass is 10.1. The van der Waals surface area contributed by atoms with Crippen LogP contribution in [0.2, 0.25) is 0 Å². The first-order chi connectivity index (χ1) is 9.13. The van der Waals surface area contributed by atoms with Crippen molar-refractivity contribution in [1.29, 1.82) is 0 Å². The summed E-state index contributed by atoms with van der Waals surface area (Å²) >= 11 is 3.62. The lowest BCUT2D eigenvalue weighted by molar-refractivity contribution is 0.279. The van der Waals surface area contributed by atoms with Gasteiger partial charge in [0.25, 0.3) is 0 Å². The fraction of sp³-hybridized carbons (Fsp3) is 0.600. The molecule has 106 valence electrons. The van der Waals surface area contributed by atoms with E-state index in [0.29, 0.717) is 6.04 Å². The minimum atomic E-state index is 0.0483. The number of benzene rings is 1. The van der Waals surface area contributed by atoms with Gasteiger partial charge >= 0.3 is 0 Å². The van der Waals surface area contributed by atoms with Crippen molar-refractivity contribution < 1.29 is 5.11 Å². The van der Waals surface area contributed by atoms with E-state index in [1.807, 2.05) is 6.92 Å². The third kappa shape index (κ3) is 3.50. The molecule has 19 heavy (non-hydrogen) atoms. The SMILES string of the molecule is C[C@H](N)c1ccc(N2CCCC2CCCO)cc1Br. The van der Waals surface area contributed by atoms with Crippen molar-refractivity contribution in [2.24, 2.45) is 5.73 Å². The first-order valence-corrected chi connectivity index (χ1v) is 7.85. The highest BCUT2D eigenvalue weighted by Gasteiger charge is 2.24. The highest BCUT2D eigenvalue weighted by molar-refractivity contribution is 9.10. The number of halogens is 1. The van der Waals surface area contributed by atoms with Crippen molar-refractivity contribution in [3.8, 4) is 0 Å². The van der Waals surface area contributed by atoms with E-state index in [9.17, 15) is 0 Å². The third-order valence-corrected chi connectivity index (χ3v) is 4.57. The molecule has 1 saturated heterocycles. The molecule has 0 radical (unpaired) electrons. The van der Waals surface area contributed by atoms with Gasteiger partial charge in [0.2, 0.25) is 0 Å². The highest BCUT2D eigenvalue weighted by atomic mass is 79.9. The Morgan fingerprint density at radius 3 is 2.95 bits per heavy atom. The average Bonchev–Trinajstić information content (AvgIpc) is 2.83. The van der Waals surface area contributed by atoms with Crippen LogP contribution in [0.1, 0.15) is 44.2 Å². The molecule has 2 rings (SSSR count). The summed E-state index contributed by atoms with van der Waals surface area (Å²) in [5.41, 5.74) is 8.35. The van der Waals surface area contributed by atoms with Crippen molar-refractivity contribution >= 4 is 21.6 Å². The Bertz CT molecular complexity index is 423. The molecule has 3 N–H and O–H groups in total. The van der Waals surface area contributed by atoms with Crippen LogP contribution in [0.5, 0.6) is 0 Å². The topological polar surface area (TPSA) is 49.5 Å². The molecule has 0 bridgehead atoms. The molecule has 1 heterocycles. The number of hydrogen-bond acceptors (Lipinski definition) is 3. The Labute approximate surface area is 123 Å². The van der Waals surface area contributed by atoms with Gasteiger partial charge in [0.15, 0.2) is 0 Å². The van der Waals surface area contributed by atoms with E-state index in [2.05, 4.69) is 39.0 Å². The molecule has 1 unspecified atom stereocenters. The molecular formula is C15H23BrN2O. The van der Waals surface area contributed by atoms with Crippen LogP contribution in [-0.4, -0.2) is 24.3 Å². The summed E-state index contributed by atoms with van der Waals surface area (Å²) in [6.45, 7) is 3.40. The first kappa shape index (κ1) is 14.8. The Balaban J connectivity index is 2.14. The molecule has 1 fully saturated rings. The van der Waals surface area contributed by atoms with Crippen molar-refractivity contribution in [3.05, 3.63) is 28.2 Å². The van der Waals surface area contributed by atoms with Crippen molar-refractivity contribution in [1.82, 2.24) is 0 Å². The predicted molar refractivity (Wildman–Crippen MR) is 83.4 cm³/mol. The van der Waals surface area contributed by atoms with E-state index in [-0.39, 0.29) is 12.6 Å². The zero-order valence-electron chi connectivity index (χ0n) is 11.5. The van der Waals surface area contributed by atoms with Gasteiger partial charge in [0.1, 0.15) is 0 Å². The molecule has 2 atom stereocenters. The first-order valence-electron chi connectivity index (χ1n) is 7.06. The molecule has 0 aliphatic carbocycles. The van der Waals surface area contributed by atoms with Gasteiger partial charge in [-0.25, -0.2) is 0 Å². The van der Waals surface area contributed by atoms with Gasteiger partial charge in [0, 0.05) is 35.4 Å². The van der Waals surface area contributed by atoms with Crippen LogP contribution in [0.25, 0.3) is 0 Å². The monoisotopic (exact) mass is 326 g/mol. The van der Waals surface area contributed by atoms with Gasteiger partial charge in [0.05, 0.1) is 0 Å². The van der Waals surface area contributed by atoms with Crippen molar-refractivity contribution in [3.63, 3.8) is 0 Å². The lowest BCUT2D eigenvalue weighted by Gasteiger charge is -2.27. The second kappa shape index (κ2) is 6.73. The third-order valence-electron chi connectivity index (χ3n) is 3.88. The molecular weight excluding hydrogens is 304 g/mol. The average molecular weight is 327 g/mol. The van der Waals surface area contributed by atoms with E-state index in [1.54, 1.807) is 0 Å². The summed E-state index contributed by atoms with van der Waals surface area (Å²) in [6, 6.07) is 7.08. The van der Waals surface area contributed by atoms with Crippen LogP contribution in [-0.2, 0) is 0 Å². The molecule has 0 spiro atoms. The number of aliphatic hydroxyl groups is 1. The molecule has 1 aromatic carbocycles. The van der Waals surface area contributed by atoms with E-state index < -0.39 is 0 Å². The number of aliphatic hydroxyl groups excluding tert-OH is 1. The van der Waals surface area contributed by atoms with Gasteiger partial charge < -0.3 is 15.7 Å². The van der Waals surface area contributed by atoms with Gasteiger partial charge in [-0.2, -0.15) is 0 Å². The smallest absolute Gasteiger partial charge is 0.0431 e. The minimum absolute atomic E-state index is 0.0483. The van der Waals surface area contributed by atoms with Crippen LogP contribution < -0.4 is 10.6 Å². The molecule has 1 aliphatic rings. The molecule has 1 aromatic rings. The fourth-order valence-corrected chi connectivity index (χ4v) is 3.59. The maximum Gasteiger partial charge on any atom is 0.0431 e. The zero-order chi connectivity index (χ0) is 13.8. The van der Waals surface area contributed by atoms with Crippen molar-refractivity contribution in [2.45, 2.75) is 44.7 Å². The second-order valence-corrected chi connectivity index (χ2v) is 6.20. The van der Waals surface area contributed by atoms with Crippen molar-refractivity contribution in [2.75, 3.05) is 18.1 Å². The Morgan fingerprint density at radius 1 is 1.53 bits per heavy atom. The second-order valence-electron chi connectivity index (χ2n) is 5.35. The summed E-state index contributed by atoms with van der Waals surface area (Å²) in [5.74, 6) is 0. The maximum absolute atomic E-state index is 8.99. The molecule has 3 nitrogen and oxygen atoms in total. The van der Waals surface area contributed by atoms with Crippen LogP contribution >= 0.6 is 15.9 Å². The Morgan fingerprint density at radius 2 is 2.32 bits per heavy atom. The lowest BCUT2D eigenvalue weighted by Crippen LogP contribution is -2.29. The largest absolute Gasteiger partial charge is 0.396 e. The summed E-state index contributed by atoms with van der Waals surface area (Å²) in [6.07, 6.45) is 4.43. The number of hydrogen-bond donors (Lipinski definition) is 2. The van der Waals surface area contributed by atoms with Crippen LogP contribution in [0.3, 0.4) is 0 Å². The van der Waals surface area contributed by atoms with Crippen LogP contribution in [0.15, 0.2) is 22.7 Å². The number of rotatable bonds is 5. The molecule has 0 amide bonds. The number of anilines is 1. The predicted octanol–water partition coefficient (Wildman–Crippen LogP) is 3.21. The fourth-order valence-electron chi connectivity index (χ4n) is 2.87. The standard InChI is InChI=1S/C15H23BrN2O/c1-11(17)14-7-6-13(10-15(14)16)18-8-2-4-12(18)5-3-9-19/h6-7,10-12,19H,2-5,8-9,17H2,1H3/t11-,12?/m0/s1. The van der Waals surface area contributed by atoms with E-state index in [1.165, 1.54) is 18.5 Å². The normalized spacial score (nSPS) is 20.8. The summed E-state index contributed by atoms with van der Waals surface area (Å²) in [4.78, 5) is 2.46. The van der Waals surface area contributed by atoms with E-state index in [0.717, 1.165) is 29.4 Å². The molecule has 0 aromatic heterocycles. The number of nitrogens with zero attached hydrogens (tertiary/aromatic N) is 1. The Hall–Kier alpha value is -0.580. The van der Waals surface area contributed by atoms with Gasteiger partial charge in [-0.1, -0.05) is 22.0 Å². The Kier molecular flexibility index (Phi) is 5.25. The summed E-state index contributed by atoms with van der Waals surface area (Å²) < 4.78 is 1.09. The molecule has 4 heteroatoms. The van der Waals surface area contributed by atoms with E-state index >= 15 is 0 Å². The van der Waals surface area contributed by atoms with Gasteiger partial charge in [-0.15, -0.1) is 0 Å². The minimum Gasteiger partial charge on any atom is -0.396 e. The van der Waals surface area contributed by atoms with Gasteiger partial charge in [-0.3, -0.25) is 0 Å². The van der Waals surface area contributed by atoms with E-state index in [4.69, 9.17) is 10.8 Å². The number of nitrogens with two attached hydrogens (primary N) is 1. The zero-order valence-corrected chi connectivity index (χ0v) is 13.1. The summed E-state index contributed by atoms with van der Waals surface area (Å²) in [5, 5.41) is 8.99. The van der Waals surface area contributed by atoms with Crippen LogP contribution in [0.4, 0.5) is 5.69 Å². The molecule has 0 saturated carbocycles. The summed E-state index contributed by atoms with van der Waals surface area (Å²) in [7, 11) is 0. The maximum atomic E-state index is 8.99. The quantitative estimate of drug-likeness (QED) is 0.873. The van der Waals surface area contributed by atoms with Crippen LogP contribution in [0, 0.1) is 0 Å². The van der Waals surface area contributed by atoms with Gasteiger partial charge in [-0.05, 0) is 50.3 Å². The highest BCUT2D eigenvalue weighted by Crippen LogP contribution is 2.32.